The molecule has 3 rings (SSSR count). The molecule has 1 aliphatic heterocycles. The van der Waals surface area contributed by atoms with Gasteiger partial charge in [0.2, 0.25) is 0 Å². The summed E-state index contributed by atoms with van der Waals surface area (Å²) >= 11 is 6.40. The Labute approximate surface area is 133 Å². The standard InChI is InChI=1S/C16H14ClN3O2/c1-10-4-2-3-5-12(10)15-13(17)6-7-14-16(15)22-11(9-21-14)8-19-20-18/h2-7,11H,8-9H2,1H3/t11-/m0/s1. The predicted molar refractivity (Wildman–Crippen MR) is 85.5 cm³/mol. The summed E-state index contributed by atoms with van der Waals surface area (Å²) in [5, 5.41) is 4.15. The summed E-state index contributed by atoms with van der Waals surface area (Å²) < 4.78 is 11.7. The van der Waals surface area contributed by atoms with Crippen molar-refractivity contribution in [3.8, 4) is 22.6 Å². The Kier molecular flexibility index (Phi) is 4.09. The molecule has 22 heavy (non-hydrogen) atoms. The van der Waals surface area contributed by atoms with Crippen LogP contribution >= 0.6 is 11.6 Å². The summed E-state index contributed by atoms with van der Waals surface area (Å²) in [4.78, 5) is 2.76. The quantitative estimate of drug-likeness (QED) is 0.465. The molecular formula is C16H14ClN3O2. The van der Waals surface area contributed by atoms with Gasteiger partial charge in [-0.3, -0.25) is 0 Å². The lowest BCUT2D eigenvalue weighted by Gasteiger charge is -2.28. The Hall–Kier alpha value is -2.36. The van der Waals surface area contributed by atoms with Crippen LogP contribution < -0.4 is 9.47 Å². The van der Waals surface area contributed by atoms with Gasteiger partial charge in [-0.1, -0.05) is 41.0 Å². The summed E-state index contributed by atoms with van der Waals surface area (Å²) in [5.41, 5.74) is 11.3. The molecular weight excluding hydrogens is 302 g/mol. The van der Waals surface area contributed by atoms with Gasteiger partial charge >= 0.3 is 0 Å². The van der Waals surface area contributed by atoms with Gasteiger partial charge in [-0.2, -0.15) is 0 Å². The van der Waals surface area contributed by atoms with E-state index in [4.69, 9.17) is 26.6 Å². The van der Waals surface area contributed by atoms with Crippen LogP contribution in [0.5, 0.6) is 11.5 Å². The lowest BCUT2D eigenvalue weighted by Crippen LogP contribution is -2.31. The Morgan fingerprint density at radius 2 is 2.14 bits per heavy atom. The average molecular weight is 316 g/mol. The number of halogens is 1. The molecule has 1 atom stereocenters. The van der Waals surface area contributed by atoms with Gasteiger partial charge in [0, 0.05) is 10.5 Å². The molecule has 6 heteroatoms. The van der Waals surface area contributed by atoms with E-state index in [1.165, 1.54) is 0 Å². The van der Waals surface area contributed by atoms with Crippen molar-refractivity contribution in [3.63, 3.8) is 0 Å². The number of hydrogen-bond donors (Lipinski definition) is 0. The van der Waals surface area contributed by atoms with E-state index in [2.05, 4.69) is 10.0 Å². The van der Waals surface area contributed by atoms with Crippen molar-refractivity contribution in [1.29, 1.82) is 0 Å². The molecule has 0 N–H and O–H groups in total. The van der Waals surface area contributed by atoms with E-state index in [1.54, 1.807) is 12.1 Å². The average Bonchev–Trinajstić information content (AvgIpc) is 2.54. The lowest BCUT2D eigenvalue weighted by molar-refractivity contribution is 0.0977. The van der Waals surface area contributed by atoms with Crippen molar-refractivity contribution < 1.29 is 9.47 Å². The van der Waals surface area contributed by atoms with Crippen molar-refractivity contribution >= 4 is 11.6 Å². The molecule has 112 valence electrons. The largest absolute Gasteiger partial charge is 0.486 e. The molecule has 0 aromatic heterocycles. The molecule has 1 heterocycles. The summed E-state index contributed by atoms with van der Waals surface area (Å²) in [5.74, 6) is 1.26. The molecule has 0 saturated carbocycles. The molecule has 0 spiro atoms. The normalized spacial score (nSPS) is 16.0. The number of azide groups is 1. The van der Waals surface area contributed by atoms with Gasteiger partial charge < -0.3 is 9.47 Å². The first-order valence-electron chi connectivity index (χ1n) is 6.89. The summed E-state index contributed by atoms with van der Waals surface area (Å²) in [7, 11) is 0. The van der Waals surface area contributed by atoms with Gasteiger partial charge in [-0.05, 0) is 35.7 Å². The van der Waals surface area contributed by atoms with E-state index in [0.29, 0.717) is 23.1 Å². The molecule has 0 bridgehead atoms. The van der Waals surface area contributed by atoms with Crippen molar-refractivity contribution in [3.05, 3.63) is 57.4 Å². The van der Waals surface area contributed by atoms with Gasteiger partial charge in [-0.25, -0.2) is 0 Å². The molecule has 2 aromatic rings. The molecule has 0 aliphatic carbocycles. The van der Waals surface area contributed by atoms with Gasteiger partial charge in [-0.15, -0.1) is 0 Å². The van der Waals surface area contributed by atoms with Crippen LogP contribution in [0.2, 0.25) is 5.02 Å². The molecule has 0 saturated heterocycles. The van der Waals surface area contributed by atoms with Crippen molar-refractivity contribution in [1.82, 2.24) is 0 Å². The highest BCUT2D eigenvalue weighted by Gasteiger charge is 2.26. The third-order valence-corrected chi connectivity index (χ3v) is 3.86. The zero-order valence-electron chi connectivity index (χ0n) is 12.0. The fraction of sp³-hybridized carbons (Fsp3) is 0.250. The molecule has 2 aromatic carbocycles. The van der Waals surface area contributed by atoms with Crippen molar-refractivity contribution in [2.75, 3.05) is 13.2 Å². The van der Waals surface area contributed by atoms with Gasteiger partial charge in [0.15, 0.2) is 11.5 Å². The van der Waals surface area contributed by atoms with Crippen LogP contribution in [0.15, 0.2) is 41.5 Å². The summed E-state index contributed by atoms with van der Waals surface area (Å²) in [6, 6.07) is 11.6. The van der Waals surface area contributed by atoms with E-state index in [0.717, 1.165) is 16.7 Å². The second-order valence-corrected chi connectivity index (χ2v) is 5.44. The molecule has 1 aliphatic rings. The monoisotopic (exact) mass is 315 g/mol. The van der Waals surface area contributed by atoms with Crippen LogP contribution in [0.25, 0.3) is 21.6 Å². The SMILES string of the molecule is Cc1ccccc1-c1c(Cl)ccc2c1O[C@@H](CN=[N+]=[N-])CO2. The highest BCUT2D eigenvalue weighted by atomic mass is 35.5. The minimum Gasteiger partial charge on any atom is -0.486 e. The van der Waals surface area contributed by atoms with Gasteiger partial charge in [0.1, 0.15) is 12.7 Å². The number of ether oxygens (including phenoxy) is 2. The Morgan fingerprint density at radius 3 is 2.91 bits per heavy atom. The van der Waals surface area contributed by atoms with Crippen molar-refractivity contribution in [2.45, 2.75) is 13.0 Å². The van der Waals surface area contributed by atoms with Crippen LogP contribution in [-0.2, 0) is 0 Å². The van der Waals surface area contributed by atoms with Crippen LogP contribution in [-0.4, -0.2) is 19.3 Å². The number of aryl methyl sites for hydroxylation is 1. The van der Waals surface area contributed by atoms with Gasteiger partial charge in [0.05, 0.1) is 11.6 Å². The molecule has 0 fully saturated rings. The maximum atomic E-state index is 8.45. The van der Waals surface area contributed by atoms with Crippen LogP contribution in [0, 0.1) is 6.92 Å². The first kappa shape index (κ1) is 14.6. The summed E-state index contributed by atoms with van der Waals surface area (Å²) in [6.07, 6.45) is -0.315. The third-order valence-electron chi connectivity index (χ3n) is 3.54. The Balaban J connectivity index is 2.08. The predicted octanol–water partition coefficient (Wildman–Crippen LogP) is 4.77. The summed E-state index contributed by atoms with van der Waals surface area (Å²) in [6.45, 7) is 2.59. The number of benzene rings is 2. The number of nitrogens with zero attached hydrogens (tertiary/aromatic N) is 3. The van der Waals surface area contributed by atoms with Gasteiger partial charge in [0.25, 0.3) is 0 Å². The highest BCUT2D eigenvalue weighted by molar-refractivity contribution is 6.34. The number of rotatable bonds is 3. The minimum atomic E-state index is -0.315. The van der Waals surface area contributed by atoms with E-state index < -0.39 is 0 Å². The third kappa shape index (κ3) is 2.69. The molecule has 0 radical (unpaired) electrons. The Morgan fingerprint density at radius 1 is 1.32 bits per heavy atom. The van der Waals surface area contributed by atoms with Crippen LogP contribution in [0.1, 0.15) is 5.56 Å². The fourth-order valence-electron chi connectivity index (χ4n) is 2.48. The minimum absolute atomic E-state index is 0.218. The molecule has 5 nitrogen and oxygen atoms in total. The van der Waals surface area contributed by atoms with E-state index in [9.17, 15) is 0 Å². The fourth-order valence-corrected chi connectivity index (χ4v) is 2.73. The first-order valence-corrected chi connectivity index (χ1v) is 7.27. The lowest BCUT2D eigenvalue weighted by atomic mass is 9.99. The topological polar surface area (TPSA) is 67.2 Å². The molecule has 0 unspecified atom stereocenters. The smallest absolute Gasteiger partial charge is 0.171 e. The zero-order chi connectivity index (χ0) is 15.5. The van der Waals surface area contributed by atoms with Crippen LogP contribution in [0.4, 0.5) is 0 Å². The second kappa shape index (κ2) is 6.18. The van der Waals surface area contributed by atoms with Crippen molar-refractivity contribution in [2.24, 2.45) is 5.11 Å². The van der Waals surface area contributed by atoms with E-state index in [1.807, 2.05) is 31.2 Å². The number of hydrogen-bond acceptors (Lipinski definition) is 3. The van der Waals surface area contributed by atoms with E-state index >= 15 is 0 Å². The van der Waals surface area contributed by atoms with E-state index in [-0.39, 0.29) is 12.6 Å². The number of fused-ring (bicyclic) bond motifs is 1. The first-order chi connectivity index (χ1) is 10.7. The maximum absolute atomic E-state index is 8.45. The maximum Gasteiger partial charge on any atom is 0.171 e. The zero-order valence-corrected chi connectivity index (χ0v) is 12.7. The molecule has 0 amide bonds. The Bertz CT molecular complexity index is 757. The highest BCUT2D eigenvalue weighted by Crippen LogP contribution is 2.46. The second-order valence-electron chi connectivity index (χ2n) is 5.03. The van der Waals surface area contributed by atoms with Crippen LogP contribution in [0.3, 0.4) is 0 Å².